The van der Waals surface area contributed by atoms with Gasteiger partial charge in [0.15, 0.2) is 11.9 Å². The van der Waals surface area contributed by atoms with E-state index in [1.165, 1.54) is 18.2 Å². The summed E-state index contributed by atoms with van der Waals surface area (Å²) in [6.45, 7) is 2.29. The van der Waals surface area contributed by atoms with Crippen LogP contribution in [0.5, 0.6) is 0 Å². The number of esters is 1. The molecule has 0 saturated heterocycles. The Bertz CT molecular complexity index is 2510. The average molecular weight is 788 g/mol. The van der Waals surface area contributed by atoms with Gasteiger partial charge >= 0.3 is 16.1 Å². The van der Waals surface area contributed by atoms with Gasteiger partial charge in [0.2, 0.25) is 0 Å². The fraction of sp³-hybridized carbons (Fsp3) is 0.143. The highest BCUT2D eigenvalue weighted by atomic mass is 32.2. The van der Waals surface area contributed by atoms with E-state index >= 15 is 4.79 Å². The van der Waals surface area contributed by atoms with E-state index in [0.717, 1.165) is 39.8 Å². The third-order valence-electron chi connectivity index (χ3n) is 10.6. The summed E-state index contributed by atoms with van der Waals surface area (Å²) in [5, 5.41) is 3.85. The van der Waals surface area contributed by atoms with Crippen LogP contribution in [-0.2, 0) is 34.1 Å². The van der Waals surface area contributed by atoms with Crippen LogP contribution in [0.4, 0.5) is 0 Å². The standard InChI is InChI=1S/C49H41NO7S/c1-34-25-27-40(28-26-34)58(53,54)56-32-29-35-19-14-24-41(45(35)48(52)57-47(36-15-6-2-7-16-36)37-17-8-3-9-18-37)49(38-20-10-4-11-21-38,39-22-12-5-13-23-39)50-42-30-31-55-44-33-43(51)46(42)44/h2-29,32,44,47,50H,30-31,33H2,1H3. The molecule has 0 aromatic heterocycles. The van der Waals surface area contributed by atoms with Crippen molar-refractivity contribution in [1.82, 2.24) is 5.32 Å². The van der Waals surface area contributed by atoms with E-state index in [2.05, 4.69) is 5.32 Å². The van der Waals surface area contributed by atoms with Gasteiger partial charge in [-0.2, -0.15) is 8.42 Å². The molecular formula is C49H41NO7S. The number of benzene rings is 6. The topological polar surface area (TPSA) is 108 Å². The second-order valence-corrected chi connectivity index (χ2v) is 15.9. The molecule has 1 unspecified atom stereocenters. The molecule has 290 valence electrons. The lowest BCUT2D eigenvalue weighted by molar-refractivity contribution is -0.126. The van der Waals surface area contributed by atoms with Gasteiger partial charge < -0.3 is 19.0 Å². The molecule has 1 heterocycles. The molecule has 0 bridgehead atoms. The maximum Gasteiger partial charge on any atom is 0.340 e. The highest BCUT2D eigenvalue weighted by Crippen LogP contribution is 2.44. The highest BCUT2D eigenvalue weighted by Gasteiger charge is 2.45. The second kappa shape index (κ2) is 16.5. The number of hydrogen-bond donors (Lipinski definition) is 1. The molecule has 2 aliphatic rings. The molecule has 1 N–H and O–H groups in total. The SMILES string of the molecule is Cc1ccc(S(=O)(=O)OC=Cc2cccc(C(NC3=C4C(=O)CC4OCC3)(c3ccccc3)c3ccccc3)c2C(=O)OC(c2ccccc2)c2ccccc2)cc1. The van der Waals surface area contributed by atoms with E-state index in [1.807, 2.05) is 140 Å². The Morgan fingerprint density at radius 3 is 1.90 bits per heavy atom. The van der Waals surface area contributed by atoms with Gasteiger partial charge in [-0.05, 0) is 52.9 Å². The predicted molar refractivity (Wildman–Crippen MR) is 222 cm³/mol. The molecule has 1 fully saturated rings. The van der Waals surface area contributed by atoms with Crippen molar-refractivity contribution < 1.29 is 31.7 Å². The zero-order valence-electron chi connectivity index (χ0n) is 31.8. The smallest absolute Gasteiger partial charge is 0.340 e. The van der Waals surface area contributed by atoms with Gasteiger partial charge in [-0.1, -0.05) is 157 Å². The molecule has 6 aromatic rings. The normalized spacial score (nSPS) is 15.5. The summed E-state index contributed by atoms with van der Waals surface area (Å²) in [7, 11) is -4.19. The molecule has 1 aliphatic heterocycles. The van der Waals surface area contributed by atoms with Crippen molar-refractivity contribution in [2.45, 2.75) is 42.4 Å². The molecule has 1 atom stereocenters. The lowest BCUT2D eigenvalue weighted by atomic mass is 9.73. The minimum atomic E-state index is -4.19. The first-order chi connectivity index (χ1) is 28.2. The molecule has 0 amide bonds. The summed E-state index contributed by atoms with van der Waals surface area (Å²) < 4.78 is 44.6. The van der Waals surface area contributed by atoms with Gasteiger partial charge in [0.1, 0.15) is 16.7 Å². The fourth-order valence-corrected chi connectivity index (χ4v) is 8.51. The lowest BCUT2D eigenvalue weighted by Gasteiger charge is -2.43. The number of ether oxygens (including phenoxy) is 2. The van der Waals surface area contributed by atoms with Crippen LogP contribution in [0.15, 0.2) is 186 Å². The van der Waals surface area contributed by atoms with E-state index in [4.69, 9.17) is 13.7 Å². The van der Waals surface area contributed by atoms with Crippen LogP contribution in [-0.4, -0.2) is 32.9 Å². The number of ketones is 1. The molecule has 8 nitrogen and oxygen atoms in total. The van der Waals surface area contributed by atoms with Crippen molar-refractivity contribution in [3.63, 3.8) is 0 Å². The van der Waals surface area contributed by atoms with Crippen LogP contribution in [0, 0.1) is 6.92 Å². The van der Waals surface area contributed by atoms with Crippen molar-refractivity contribution in [3.05, 3.63) is 226 Å². The number of fused-ring (bicyclic) bond motifs is 1. The van der Waals surface area contributed by atoms with Gasteiger partial charge in [0.25, 0.3) is 0 Å². The Morgan fingerprint density at radius 2 is 1.33 bits per heavy atom. The number of aryl methyl sites for hydroxylation is 1. The van der Waals surface area contributed by atoms with Crippen LogP contribution in [0.2, 0.25) is 0 Å². The molecule has 1 saturated carbocycles. The molecule has 6 aromatic carbocycles. The Balaban J connectivity index is 1.34. The van der Waals surface area contributed by atoms with E-state index in [9.17, 15) is 13.2 Å². The zero-order chi connectivity index (χ0) is 40.1. The number of carbonyl (C=O) groups is 2. The average Bonchev–Trinajstić information content (AvgIpc) is 3.25. The molecule has 8 rings (SSSR count). The van der Waals surface area contributed by atoms with Crippen molar-refractivity contribution in [3.8, 4) is 0 Å². The number of rotatable bonds is 13. The molecule has 9 heteroatoms. The number of nitrogens with one attached hydrogen (secondary N) is 1. The van der Waals surface area contributed by atoms with Crippen LogP contribution < -0.4 is 5.32 Å². The van der Waals surface area contributed by atoms with Crippen molar-refractivity contribution in [1.29, 1.82) is 0 Å². The van der Waals surface area contributed by atoms with Crippen LogP contribution in [0.1, 0.15) is 68.2 Å². The van der Waals surface area contributed by atoms with E-state index in [-0.39, 0.29) is 22.3 Å². The summed E-state index contributed by atoms with van der Waals surface area (Å²) in [5.41, 5.74) is 5.12. The molecule has 58 heavy (non-hydrogen) atoms. The van der Waals surface area contributed by atoms with Crippen molar-refractivity contribution >= 4 is 27.9 Å². The van der Waals surface area contributed by atoms with Crippen molar-refractivity contribution in [2.24, 2.45) is 0 Å². The van der Waals surface area contributed by atoms with Gasteiger partial charge in [-0.15, -0.1) is 0 Å². The maximum atomic E-state index is 15.3. The lowest BCUT2D eigenvalue weighted by Crippen LogP contribution is -2.50. The first kappa shape index (κ1) is 38.3. The van der Waals surface area contributed by atoms with E-state index in [1.54, 1.807) is 18.2 Å². The summed E-state index contributed by atoms with van der Waals surface area (Å²) in [5.74, 6) is -0.645. The van der Waals surface area contributed by atoms with Gasteiger partial charge in [-0.25, -0.2) is 4.79 Å². The third kappa shape index (κ3) is 7.62. The van der Waals surface area contributed by atoms with Gasteiger partial charge in [0.05, 0.1) is 18.3 Å². The summed E-state index contributed by atoms with van der Waals surface area (Å²) >= 11 is 0. The Kier molecular flexibility index (Phi) is 10.9. The van der Waals surface area contributed by atoms with Crippen LogP contribution in [0.3, 0.4) is 0 Å². The maximum absolute atomic E-state index is 15.3. The highest BCUT2D eigenvalue weighted by molar-refractivity contribution is 7.86. The van der Waals surface area contributed by atoms with Gasteiger partial charge in [0, 0.05) is 29.7 Å². The Hall–Kier alpha value is -6.55. The molecule has 0 spiro atoms. The summed E-state index contributed by atoms with van der Waals surface area (Å²) in [6.07, 6.45) is 2.22. The minimum absolute atomic E-state index is 0.00379. The first-order valence-corrected chi connectivity index (χ1v) is 20.5. The predicted octanol–water partition coefficient (Wildman–Crippen LogP) is 9.21. The minimum Gasteiger partial charge on any atom is -0.449 e. The van der Waals surface area contributed by atoms with Crippen LogP contribution in [0.25, 0.3) is 6.08 Å². The van der Waals surface area contributed by atoms with Gasteiger partial charge in [-0.3, -0.25) is 4.79 Å². The first-order valence-electron chi connectivity index (χ1n) is 19.1. The quantitative estimate of drug-likeness (QED) is 0.0535. The van der Waals surface area contributed by atoms with Crippen molar-refractivity contribution in [2.75, 3.05) is 6.61 Å². The second-order valence-electron chi connectivity index (χ2n) is 14.3. The summed E-state index contributed by atoms with van der Waals surface area (Å²) in [4.78, 5) is 28.5. The molecule has 1 aliphatic carbocycles. The number of Topliss-reactive ketones (excluding diaryl/α,β-unsaturated/α-hetero) is 1. The van der Waals surface area contributed by atoms with Crippen LogP contribution >= 0.6 is 0 Å². The Labute approximate surface area is 338 Å². The van der Waals surface area contributed by atoms with E-state index < -0.39 is 27.7 Å². The fourth-order valence-electron chi connectivity index (χ4n) is 7.73. The number of carbonyl (C=O) groups excluding carboxylic acids is 2. The van der Waals surface area contributed by atoms with E-state index in [0.29, 0.717) is 36.1 Å². The number of hydrogen-bond acceptors (Lipinski definition) is 8. The monoisotopic (exact) mass is 787 g/mol. The largest absolute Gasteiger partial charge is 0.449 e. The summed E-state index contributed by atoms with van der Waals surface area (Å²) in [6, 6.07) is 50.3. The Morgan fingerprint density at radius 1 is 0.759 bits per heavy atom. The third-order valence-corrected chi connectivity index (χ3v) is 11.8. The zero-order valence-corrected chi connectivity index (χ0v) is 32.6. The molecule has 0 radical (unpaired) electrons. The molecular weight excluding hydrogens is 747 g/mol.